The van der Waals surface area contributed by atoms with Crippen LogP contribution in [0.5, 0.6) is 11.5 Å². The topological polar surface area (TPSA) is 43.3 Å². The van der Waals surface area contributed by atoms with Crippen LogP contribution >= 0.6 is 11.6 Å². The number of carbonyl (C=O) groups is 1. The largest absolute Gasteiger partial charge is 0.457 e. The molecule has 5 heteroatoms. The first-order chi connectivity index (χ1) is 15.9. The maximum absolute atomic E-state index is 12.9. The molecule has 0 bridgehead atoms. The van der Waals surface area contributed by atoms with Crippen molar-refractivity contribution in [3.8, 4) is 11.5 Å². The first-order valence-electron chi connectivity index (χ1n) is 11.2. The summed E-state index contributed by atoms with van der Waals surface area (Å²) in [5.41, 5.74) is 3.32. The molecular weight excluding hydrogens is 432 g/mol. The summed E-state index contributed by atoms with van der Waals surface area (Å²) in [5.74, 6) is 1.79. The van der Waals surface area contributed by atoms with Crippen molar-refractivity contribution in [2.75, 3.05) is 6.54 Å². The smallest absolute Gasteiger partial charge is 0.220 e. The number of carbonyl (C=O) groups excluding carboxylic acids is 1. The van der Waals surface area contributed by atoms with Gasteiger partial charge in [-0.3, -0.25) is 4.79 Å². The van der Waals surface area contributed by atoms with Crippen LogP contribution in [0.2, 0.25) is 5.02 Å². The maximum Gasteiger partial charge on any atom is 0.220 e. The second-order valence-electron chi connectivity index (χ2n) is 8.80. The lowest BCUT2D eigenvalue weighted by Crippen LogP contribution is -2.28. The number of nitrogens with one attached hydrogen (secondary N) is 1. The van der Waals surface area contributed by atoms with E-state index in [4.69, 9.17) is 16.3 Å². The van der Waals surface area contributed by atoms with Crippen LogP contribution < -0.4 is 10.1 Å². The van der Waals surface area contributed by atoms with E-state index >= 15 is 0 Å². The van der Waals surface area contributed by atoms with E-state index in [9.17, 15) is 4.79 Å². The molecule has 0 fully saturated rings. The second kappa shape index (κ2) is 10.1. The Kier molecular flexibility index (Phi) is 7.05. The van der Waals surface area contributed by atoms with E-state index in [1.54, 1.807) is 12.1 Å². The number of fused-ring (bicyclic) bond motifs is 1. The van der Waals surface area contributed by atoms with Crippen LogP contribution in [0.3, 0.4) is 0 Å². The average Bonchev–Trinajstić information content (AvgIpc) is 3.14. The average molecular weight is 461 g/mol. The SMILES string of the molecule is CC(C)CNC(=O)CC(c1cccc(Oc2ccc(Cl)cc2)c1)c1cn(C)c2ccccc12. The predicted molar refractivity (Wildman–Crippen MR) is 135 cm³/mol. The van der Waals surface area contributed by atoms with Crippen LogP contribution in [0.25, 0.3) is 10.9 Å². The first-order valence-corrected chi connectivity index (χ1v) is 11.6. The fourth-order valence-electron chi connectivity index (χ4n) is 4.07. The summed E-state index contributed by atoms with van der Waals surface area (Å²) in [6, 6.07) is 23.6. The molecule has 0 spiro atoms. The monoisotopic (exact) mass is 460 g/mol. The molecule has 1 atom stereocenters. The van der Waals surface area contributed by atoms with Gasteiger partial charge in [0, 0.05) is 48.1 Å². The quantitative estimate of drug-likeness (QED) is 0.310. The lowest BCUT2D eigenvalue weighted by atomic mass is 9.88. The van der Waals surface area contributed by atoms with Crippen molar-refractivity contribution in [2.24, 2.45) is 13.0 Å². The third-order valence-corrected chi connectivity index (χ3v) is 5.96. The highest BCUT2D eigenvalue weighted by molar-refractivity contribution is 6.30. The number of hydrogen-bond acceptors (Lipinski definition) is 2. The molecule has 0 saturated carbocycles. The van der Waals surface area contributed by atoms with Crippen molar-refractivity contribution in [1.82, 2.24) is 9.88 Å². The summed E-state index contributed by atoms with van der Waals surface area (Å²) < 4.78 is 8.20. The Hall–Kier alpha value is -3.24. The molecule has 1 amide bonds. The van der Waals surface area contributed by atoms with Gasteiger partial charge in [0.15, 0.2) is 0 Å². The van der Waals surface area contributed by atoms with Gasteiger partial charge in [-0.15, -0.1) is 0 Å². The Morgan fingerprint density at radius 2 is 1.76 bits per heavy atom. The Morgan fingerprint density at radius 1 is 1.00 bits per heavy atom. The number of para-hydroxylation sites is 1. The number of ether oxygens (including phenoxy) is 1. The van der Waals surface area contributed by atoms with Crippen molar-refractivity contribution >= 4 is 28.4 Å². The third kappa shape index (κ3) is 5.58. The number of halogens is 1. The Balaban J connectivity index is 1.70. The molecule has 1 heterocycles. The van der Waals surface area contributed by atoms with Crippen molar-refractivity contribution in [1.29, 1.82) is 0 Å². The van der Waals surface area contributed by atoms with Gasteiger partial charge in [0.2, 0.25) is 5.91 Å². The van der Waals surface area contributed by atoms with Crippen LogP contribution in [0.15, 0.2) is 79.0 Å². The standard InChI is InChI=1S/C28H29ClN2O2/c1-19(2)17-30-28(32)16-25(26-18-31(3)27-10-5-4-9-24(26)27)20-7-6-8-23(15-20)33-22-13-11-21(29)12-14-22/h4-15,18-19,25H,16-17H2,1-3H3,(H,30,32). The van der Waals surface area contributed by atoms with Gasteiger partial charge < -0.3 is 14.6 Å². The highest BCUT2D eigenvalue weighted by Gasteiger charge is 2.23. The molecule has 4 aromatic rings. The summed E-state index contributed by atoms with van der Waals surface area (Å²) in [5, 5.41) is 4.90. The molecule has 0 aliphatic rings. The first kappa shape index (κ1) is 22.9. The lowest BCUT2D eigenvalue weighted by Gasteiger charge is -2.19. The van der Waals surface area contributed by atoms with Gasteiger partial charge in [-0.2, -0.15) is 0 Å². The van der Waals surface area contributed by atoms with Gasteiger partial charge in [0.05, 0.1) is 0 Å². The highest BCUT2D eigenvalue weighted by atomic mass is 35.5. The molecule has 0 radical (unpaired) electrons. The molecule has 3 aromatic carbocycles. The van der Waals surface area contributed by atoms with E-state index in [-0.39, 0.29) is 11.8 Å². The Bertz CT molecular complexity index is 1240. The van der Waals surface area contributed by atoms with Crippen molar-refractivity contribution in [3.63, 3.8) is 0 Å². The van der Waals surface area contributed by atoms with Gasteiger partial charge in [0.1, 0.15) is 11.5 Å². The normalized spacial score (nSPS) is 12.2. The summed E-state index contributed by atoms with van der Waals surface area (Å²) in [7, 11) is 2.04. The van der Waals surface area contributed by atoms with E-state index in [1.165, 1.54) is 0 Å². The molecule has 1 N–H and O–H groups in total. The van der Waals surface area contributed by atoms with Crippen LogP contribution in [0.4, 0.5) is 0 Å². The number of aryl methyl sites for hydroxylation is 1. The van der Waals surface area contributed by atoms with Crippen molar-refractivity contribution < 1.29 is 9.53 Å². The van der Waals surface area contributed by atoms with E-state index in [0.717, 1.165) is 27.8 Å². The van der Waals surface area contributed by atoms with Gasteiger partial charge in [-0.25, -0.2) is 0 Å². The highest BCUT2D eigenvalue weighted by Crippen LogP contribution is 2.36. The van der Waals surface area contributed by atoms with Gasteiger partial charge in [0.25, 0.3) is 0 Å². The molecule has 170 valence electrons. The van der Waals surface area contributed by atoms with E-state index in [1.807, 2.05) is 49.5 Å². The molecule has 0 aliphatic carbocycles. The predicted octanol–water partition coefficient (Wildman–Crippen LogP) is 6.92. The van der Waals surface area contributed by atoms with E-state index < -0.39 is 0 Å². The molecular formula is C28H29ClN2O2. The molecule has 0 aliphatic heterocycles. The fraction of sp³-hybridized carbons (Fsp3) is 0.250. The third-order valence-electron chi connectivity index (χ3n) is 5.71. The van der Waals surface area contributed by atoms with Gasteiger partial charge in [-0.05, 0) is 59.5 Å². The fourth-order valence-corrected chi connectivity index (χ4v) is 4.19. The number of benzene rings is 3. The second-order valence-corrected chi connectivity index (χ2v) is 9.23. The number of hydrogen-bond donors (Lipinski definition) is 1. The minimum absolute atomic E-state index is 0.0469. The van der Waals surface area contributed by atoms with Crippen molar-refractivity contribution in [3.05, 3.63) is 95.1 Å². The zero-order chi connectivity index (χ0) is 23.4. The Labute approximate surface area is 200 Å². The molecule has 1 aromatic heterocycles. The van der Waals surface area contributed by atoms with Gasteiger partial charge >= 0.3 is 0 Å². The van der Waals surface area contributed by atoms with Crippen LogP contribution in [-0.2, 0) is 11.8 Å². The molecule has 4 rings (SSSR count). The summed E-state index contributed by atoms with van der Waals surface area (Å²) in [6.45, 7) is 4.86. The molecule has 4 nitrogen and oxygen atoms in total. The minimum atomic E-state index is -0.1000. The summed E-state index contributed by atoms with van der Waals surface area (Å²) in [6.07, 6.45) is 2.50. The van der Waals surface area contributed by atoms with Gasteiger partial charge in [-0.1, -0.05) is 55.8 Å². The van der Waals surface area contributed by atoms with E-state index in [2.05, 4.69) is 48.1 Å². The van der Waals surface area contributed by atoms with Crippen LogP contribution in [-0.4, -0.2) is 17.0 Å². The van der Waals surface area contributed by atoms with Crippen LogP contribution in [0.1, 0.15) is 37.3 Å². The molecule has 0 saturated heterocycles. The van der Waals surface area contributed by atoms with Crippen molar-refractivity contribution in [2.45, 2.75) is 26.2 Å². The molecule has 33 heavy (non-hydrogen) atoms. The zero-order valence-corrected chi connectivity index (χ0v) is 20.0. The number of amides is 1. The lowest BCUT2D eigenvalue weighted by molar-refractivity contribution is -0.121. The maximum atomic E-state index is 12.9. The molecule has 1 unspecified atom stereocenters. The number of nitrogens with zero attached hydrogens (tertiary/aromatic N) is 1. The summed E-state index contributed by atoms with van der Waals surface area (Å²) >= 11 is 6.00. The summed E-state index contributed by atoms with van der Waals surface area (Å²) in [4.78, 5) is 12.9. The van der Waals surface area contributed by atoms with E-state index in [0.29, 0.717) is 29.7 Å². The number of rotatable bonds is 8. The van der Waals surface area contributed by atoms with Crippen LogP contribution in [0, 0.1) is 5.92 Å². The minimum Gasteiger partial charge on any atom is -0.457 e. The Morgan fingerprint density at radius 3 is 2.52 bits per heavy atom. The zero-order valence-electron chi connectivity index (χ0n) is 19.2. The number of aromatic nitrogens is 1.